The zero-order valence-electron chi connectivity index (χ0n) is 9.70. The maximum Gasteiger partial charge on any atom is 0.0632 e. The SMILES string of the molecule is CN1CC1c1ccccc1CC(C)(C)O. The van der Waals surface area contributed by atoms with E-state index in [2.05, 4.69) is 30.1 Å². The monoisotopic (exact) mass is 205 g/mol. The van der Waals surface area contributed by atoms with Gasteiger partial charge in [0.2, 0.25) is 0 Å². The molecule has 1 aliphatic rings. The Balaban J connectivity index is 2.23. The predicted octanol–water partition coefficient (Wildman–Crippen LogP) is 1.99. The molecule has 2 unspecified atom stereocenters. The predicted molar refractivity (Wildman–Crippen MR) is 61.8 cm³/mol. The average molecular weight is 205 g/mol. The van der Waals surface area contributed by atoms with Crippen LogP contribution in [0.2, 0.25) is 0 Å². The van der Waals surface area contributed by atoms with Crippen LogP contribution in [0.25, 0.3) is 0 Å². The third-order valence-corrected chi connectivity index (χ3v) is 2.90. The minimum Gasteiger partial charge on any atom is -0.390 e. The lowest BCUT2D eigenvalue weighted by Gasteiger charge is -2.19. The third-order valence-electron chi connectivity index (χ3n) is 2.90. The van der Waals surface area contributed by atoms with Crippen LogP contribution in [0.15, 0.2) is 24.3 Å². The molecule has 1 aromatic rings. The number of aliphatic hydroxyl groups is 1. The van der Waals surface area contributed by atoms with Crippen molar-refractivity contribution in [3.05, 3.63) is 35.4 Å². The second kappa shape index (κ2) is 3.62. The Bertz CT molecular complexity index is 354. The fourth-order valence-corrected chi connectivity index (χ4v) is 2.05. The molecular formula is C13H19NO. The van der Waals surface area contributed by atoms with E-state index in [9.17, 15) is 5.11 Å². The molecule has 82 valence electrons. The summed E-state index contributed by atoms with van der Waals surface area (Å²) in [6.07, 6.45) is 0.730. The molecule has 0 aromatic heterocycles. The number of hydrogen-bond acceptors (Lipinski definition) is 2. The van der Waals surface area contributed by atoms with Crippen molar-refractivity contribution in [3.63, 3.8) is 0 Å². The molecule has 2 rings (SSSR count). The van der Waals surface area contributed by atoms with Gasteiger partial charge in [0.1, 0.15) is 0 Å². The highest BCUT2D eigenvalue weighted by atomic mass is 16.3. The molecule has 1 aromatic carbocycles. The lowest BCUT2D eigenvalue weighted by Crippen LogP contribution is -2.22. The highest BCUT2D eigenvalue weighted by molar-refractivity contribution is 5.34. The second-order valence-electron chi connectivity index (χ2n) is 5.14. The van der Waals surface area contributed by atoms with Gasteiger partial charge in [-0.25, -0.2) is 0 Å². The summed E-state index contributed by atoms with van der Waals surface area (Å²) in [6.45, 7) is 4.86. The summed E-state index contributed by atoms with van der Waals surface area (Å²) in [5.41, 5.74) is 2.03. The van der Waals surface area contributed by atoms with E-state index in [-0.39, 0.29) is 0 Å². The third kappa shape index (κ3) is 2.58. The molecule has 1 fully saturated rings. The normalized spacial score (nSPS) is 25.3. The van der Waals surface area contributed by atoms with E-state index >= 15 is 0 Å². The van der Waals surface area contributed by atoms with Gasteiger partial charge in [-0.1, -0.05) is 24.3 Å². The van der Waals surface area contributed by atoms with Crippen molar-refractivity contribution in [2.75, 3.05) is 13.6 Å². The van der Waals surface area contributed by atoms with Gasteiger partial charge in [-0.2, -0.15) is 0 Å². The molecule has 2 atom stereocenters. The second-order valence-corrected chi connectivity index (χ2v) is 5.14. The van der Waals surface area contributed by atoms with Crippen molar-refractivity contribution in [1.82, 2.24) is 4.90 Å². The Labute approximate surface area is 91.5 Å². The fraction of sp³-hybridized carbons (Fsp3) is 0.538. The molecule has 1 aliphatic heterocycles. The molecule has 2 nitrogen and oxygen atoms in total. The number of benzene rings is 1. The lowest BCUT2D eigenvalue weighted by molar-refractivity contribution is 0.0807. The van der Waals surface area contributed by atoms with Crippen LogP contribution in [0.3, 0.4) is 0 Å². The highest BCUT2D eigenvalue weighted by Crippen LogP contribution is 2.35. The van der Waals surface area contributed by atoms with Crippen LogP contribution < -0.4 is 0 Å². The van der Waals surface area contributed by atoms with Gasteiger partial charge in [-0.05, 0) is 32.0 Å². The van der Waals surface area contributed by atoms with Crippen molar-refractivity contribution in [1.29, 1.82) is 0 Å². The van der Waals surface area contributed by atoms with Gasteiger partial charge < -0.3 is 5.11 Å². The smallest absolute Gasteiger partial charge is 0.0632 e. The maximum atomic E-state index is 9.85. The Morgan fingerprint density at radius 1 is 1.40 bits per heavy atom. The zero-order valence-corrected chi connectivity index (χ0v) is 9.70. The fourth-order valence-electron chi connectivity index (χ4n) is 2.05. The number of likely N-dealkylation sites (N-methyl/N-ethyl adjacent to an activating group) is 1. The summed E-state index contributed by atoms with van der Waals surface area (Å²) < 4.78 is 0. The summed E-state index contributed by atoms with van der Waals surface area (Å²) in [4.78, 5) is 2.31. The van der Waals surface area contributed by atoms with Gasteiger partial charge in [0.15, 0.2) is 0 Å². The largest absolute Gasteiger partial charge is 0.390 e. The number of hydrogen-bond donors (Lipinski definition) is 1. The minimum absolute atomic E-state index is 0.573. The first kappa shape index (κ1) is 10.7. The molecule has 15 heavy (non-hydrogen) atoms. The summed E-state index contributed by atoms with van der Waals surface area (Å²) in [5, 5.41) is 9.85. The van der Waals surface area contributed by atoms with E-state index in [0.717, 1.165) is 13.0 Å². The standard InChI is InChI=1S/C13H19NO/c1-13(2,15)8-10-6-4-5-7-11(10)12-9-14(12)3/h4-7,12,15H,8-9H2,1-3H3. The topological polar surface area (TPSA) is 23.2 Å². The van der Waals surface area contributed by atoms with Gasteiger partial charge in [0, 0.05) is 19.0 Å². The Hall–Kier alpha value is -0.860. The minimum atomic E-state index is -0.621. The van der Waals surface area contributed by atoms with E-state index in [0.29, 0.717) is 6.04 Å². The molecule has 0 amide bonds. The van der Waals surface area contributed by atoms with Crippen molar-refractivity contribution >= 4 is 0 Å². The van der Waals surface area contributed by atoms with Crippen LogP contribution in [0.4, 0.5) is 0 Å². The van der Waals surface area contributed by atoms with Crippen LogP contribution in [0.5, 0.6) is 0 Å². The van der Waals surface area contributed by atoms with E-state index in [1.54, 1.807) is 0 Å². The van der Waals surface area contributed by atoms with E-state index in [1.807, 2.05) is 19.9 Å². The first-order valence-corrected chi connectivity index (χ1v) is 5.48. The molecule has 0 aliphatic carbocycles. The summed E-state index contributed by atoms with van der Waals surface area (Å²) >= 11 is 0. The average Bonchev–Trinajstić information content (AvgIpc) is 2.80. The van der Waals surface area contributed by atoms with Crippen molar-refractivity contribution in [2.24, 2.45) is 0 Å². The van der Waals surface area contributed by atoms with Gasteiger partial charge in [-0.15, -0.1) is 0 Å². The van der Waals surface area contributed by atoms with Gasteiger partial charge in [-0.3, -0.25) is 4.90 Å². The maximum absolute atomic E-state index is 9.85. The van der Waals surface area contributed by atoms with Crippen LogP contribution in [0.1, 0.15) is 31.0 Å². The van der Waals surface area contributed by atoms with Crippen molar-refractivity contribution in [2.45, 2.75) is 31.9 Å². The van der Waals surface area contributed by atoms with E-state index in [4.69, 9.17) is 0 Å². The molecular weight excluding hydrogens is 186 g/mol. The van der Waals surface area contributed by atoms with E-state index < -0.39 is 5.60 Å². The molecule has 0 radical (unpaired) electrons. The molecule has 0 saturated carbocycles. The van der Waals surface area contributed by atoms with Crippen LogP contribution in [-0.4, -0.2) is 29.2 Å². The van der Waals surface area contributed by atoms with Gasteiger partial charge in [0.05, 0.1) is 5.60 Å². The molecule has 0 bridgehead atoms. The van der Waals surface area contributed by atoms with Gasteiger partial charge in [0.25, 0.3) is 0 Å². The first-order chi connectivity index (χ1) is 6.97. The van der Waals surface area contributed by atoms with Crippen LogP contribution >= 0.6 is 0 Å². The molecule has 0 spiro atoms. The summed E-state index contributed by atoms with van der Waals surface area (Å²) in [5.74, 6) is 0. The summed E-state index contributed by atoms with van der Waals surface area (Å²) in [7, 11) is 2.13. The zero-order chi connectivity index (χ0) is 11.1. The number of rotatable bonds is 3. The lowest BCUT2D eigenvalue weighted by atomic mass is 9.93. The summed E-state index contributed by atoms with van der Waals surface area (Å²) in [6, 6.07) is 9.00. The van der Waals surface area contributed by atoms with Crippen molar-refractivity contribution < 1.29 is 5.11 Å². The van der Waals surface area contributed by atoms with Crippen LogP contribution in [0, 0.1) is 0 Å². The molecule has 1 N–H and O–H groups in total. The van der Waals surface area contributed by atoms with E-state index in [1.165, 1.54) is 11.1 Å². The molecule has 1 heterocycles. The molecule has 2 heteroatoms. The molecule has 1 saturated heterocycles. The Morgan fingerprint density at radius 3 is 2.53 bits per heavy atom. The van der Waals surface area contributed by atoms with Crippen LogP contribution in [-0.2, 0) is 6.42 Å². The Morgan fingerprint density at radius 2 is 2.00 bits per heavy atom. The quantitative estimate of drug-likeness (QED) is 0.763. The highest BCUT2D eigenvalue weighted by Gasteiger charge is 2.33. The van der Waals surface area contributed by atoms with Crippen molar-refractivity contribution in [3.8, 4) is 0 Å². The van der Waals surface area contributed by atoms with Gasteiger partial charge >= 0.3 is 0 Å². The first-order valence-electron chi connectivity index (χ1n) is 5.48. The number of nitrogens with zero attached hydrogens (tertiary/aromatic N) is 1. The Kier molecular flexibility index (Phi) is 2.57.